The second-order valence-electron chi connectivity index (χ2n) is 7.02. The third-order valence-electron chi connectivity index (χ3n) is 3.78. The fourth-order valence-electron chi connectivity index (χ4n) is 2.59. The summed E-state index contributed by atoms with van der Waals surface area (Å²) >= 11 is 9.04. The monoisotopic (exact) mass is 434 g/mol. The number of carbonyl (C=O) groups excluding carboxylic acids is 2. The third-order valence-corrected chi connectivity index (χ3v) is 4.98. The van der Waals surface area contributed by atoms with Crippen LogP contribution < -0.4 is 0 Å². The Kier molecular flexibility index (Phi) is 5.99. The number of piperazine rings is 1. The Morgan fingerprint density at radius 3 is 2.52 bits per heavy atom. The average Bonchev–Trinajstić information content (AvgIpc) is 2.48. The molecule has 0 N–H and O–H groups in total. The number of hydrogen-bond donors (Lipinski definition) is 0. The van der Waals surface area contributed by atoms with Crippen molar-refractivity contribution < 1.29 is 18.7 Å². The van der Waals surface area contributed by atoms with E-state index in [1.807, 2.05) is 6.92 Å². The molecular weight excluding hydrogens is 415 g/mol. The number of nitrogens with zero attached hydrogens (tertiary/aromatic N) is 2. The quantitative estimate of drug-likeness (QED) is 0.617. The fourth-order valence-corrected chi connectivity index (χ4v) is 3.08. The van der Waals surface area contributed by atoms with Gasteiger partial charge in [-0.3, -0.25) is 4.79 Å². The fraction of sp³-hybridized carbons (Fsp3) is 0.529. The van der Waals surface area contributed by atoms with Crippen LogP contribution in [0.5, 0.6) is 0 Å². The maximum absolute atomic E-state index is 14.1. The average molecular weight is 436 g/mol. The van der Waals surface area contributed by atoms with Gasteiger partial charge in [0.15, 0.2) is 0 Å². The summed E-state index contributed by atoms with van der Waals surface area (Å²) in [6.45, 7) is 8.18. The molecule has 0 spiro atoms. The SMILES string of the molecule is C[C@H]1CN(C(=O)c2cc(Br)c(Cl)cc2F)CCN1C(=O)OC(C)(C)C. The lowest BCUT2D eigenvalue weighted by atomic mass is 10.1. The van der Waals surface area contributed by atoms with Crippen molar-refractivity contribution in [2.24, 2.45) is 0 Å². The van der Waals surface area contributed by atoms with Crippen LogP contribution >= 0.6 is 27.5 Å². The number of rotatable bonds is 1. The van der Waals surface area contributed by atoms with Crippen molar-refractivity contribution in [3.05, 3.63) is 33.0 Å². The van der Waals surface area contributed by atoms with Crippen molar-refractivity contribution >= 4 is 39.5 Å². The van der Waals surface area contributed by atoms with Gasteiger partial charge in [0.2, 0.25) is 0 Å². The molecule has 2 amide bonds. The summed E-state index contributed by atoms with van der Waals surface area (Å²) in [7, 11) is 0. The predicted octanol–water partition coefficient (Wildman–Crippen LogP) is 4.32. The third kappa shape index (κ3) is 4.85. The van der Waals surface area contributed by atoms with Gasteiger partial charge in [-0.1, -0.05) is 11.6 Å². The summed E-state index contributed by atoms with van der Waals surface area (Å²) in [5.41, 5.74) is -0.628. The summed E-state index contributed by atoms with van der Waals surface area (Å²) in [5.74, 6) is -1.09. The van der Waals surface area contributed by atoms with Crippen molar-refractivity contribution in [2.75, 3.05) is 19.6 Å². The number of amides is 2. The smallest absolute Gasteiger partial charge is 0.410 e. The highest BCUT2D eigenvalue weighted by atomic mass is 79.9. The maximum Gasteiger partial charge on any atom is 0.410 e. The van der Waals surface area contributed by atoms with Crippen LogP contribution in [0.25, 0.3) is 0 Å². The van der Waals surface area contributed by atoms with Gasteiger partial charge >= 0.3 is 6.09 Å². The molecule has 1 aromatic carbocycles. The first-order valence-electron chi connectivity index (χ1n) is 7.93. The molecule has 2 rings (SSSR count). The number of ether oxygens (including phenoxy) is 1. The first-order chi connectivity index (χ1) is 11.5. The molecule has 1 aromatic rings. The zero-order valence-electron chi connectivity index (χ0n) is 14.6. The Balaban J connectivity index is 2.09. The molecule has 0 radical (unpaired) electrons. The summed E-state index contributed by atoms with van der Waals surface area (Å²) in [6, 6.07) is 2.26. The molecule has 8 heteroatoms. The van der Waals surface area contributed by atoms with Crippen molar-refractivity contribution in [3.63, 3.8) is 0 Å². The topological polar surface area (TPSA) is 49.9 Å². The van der Waals surface area contributed by atoms with Crippen LogP contribution in [0.3, 0.4) is 0 Å². The highest BCUT2D eigenvalue weighted by Crippen LogP contribution is 2.27. The van der Waals surface area contributed by atoms with Crippen molar-refractivity contribution in [3.8, 4) is 0 Å². The highest BCUT2D eigenvalue weighted by molar-refractivity contribution is 9.10. The van der Waals surface area contributed by atoms with Crippen LogP contribution in [-0.2, 0) is 4.74 Å². The summed E-state index contributed by atoms with van der Waals surface area (Å²) in [6.07, 6.45) is -0.410. The van der Waals surface area contributed by atoms with E-state index in [2.05, 4.69) is 15.9 Å². The van der Waals surface area contributed by atoms with Crippen LogP contribution in [0.4, 0.5) is 9.18 Å². The van der Waals surface area contributed by atoms with E-state index in [9.17, 15) is 14.0 Å². The minimum Gasteiger partial charge on any atom is -0.444 e. The number of hydrogen-bond acceptors (Lipinski definition) is 3. The Labute approximate surface area is 160 Å². The molecule has 0 aromatic heterocycles. The van der Waals surface area contributed by atoms with Crippen LogP contribution in [0.2, 0.25) is 5.02 Å². The van der Waals surface area contributed by atoms with Crippen molar-refractivity contribution in [2.45, 2.75) is 39.3 Å². The molecule has 0 unspecified atom stereocenters. The lowest BCUT2D eigenvalue weighted by Gasteiger charge is -2.40. The van der Waals surface area contributed by atoms with E-state index in [-0.39, 0.29) is 16.6 Å². The molecular formula is C17H21BrClFN2O3. The number of halogens is 3. The van der Waals surface area contributed by atoms with Crippen LogP contribution in [-0.4, -0.2) is 53.1 Å². The van der Waals surface area contributed by atoms with E-state index in [4.69, 9.17) is 16.3 Å². The number of benzene rings is 1. The molecule has 0 bridgehead atoms. The Hall–Kier alpha value is -1.34. The van der Waals surface area contributed by atoms with Gasteiger partial charge in [0.25, 0.3) is 5.91 Å². The molecule has 138 valence electrons. The van der Waals surface area contributed by atoms with Crippen LogP contribution in [0.15, 0.2) is 16.6 Å². The van der Waals surface area contributed by atoms with E-state index in [1.54, 1.807) is 25.7 Å². The Morgan fingerprint density at radius 1 is 1.32 bits per heavy atom. The molecule has 1 fully saturated rings. The first-order valence-corrected chi connectivity index (χ1v) is 9.10. The second-order valence-corrected chi connectivity index (χ2v) is 8.28. The zero-order chi connectivity index (χ0) is 18.9. The molecule has 1 aliphatic heterocycles. The van der Waals surface area contributed by atoms with E-state index in [0.717, 1.165) is 6.07 Å². The summed E-state index contributed by atoms with van der Waals surface area (Å²) in [5, 5.41) is 0.206. The Bertz CT molecular complexity index is 693. The number of carbonyl (C=O) groups is 2. The molecule has 1 atom stereocenters. The lowest BCUT2D eigenvalue weighted by molar-refractivity contribution is 0.00190. The van der Waals surface area contributed by atoms with Gasteiger partial charge < -0.3 is 14.5 Å². The van der Waals surface area contributed by atoms with Gasteiger partial charge in [-0.25, -0.2) is 9.18 Å². The van der Waals surface area contributed by atoms with Gasteiger partial charge in [-0.2, -0.15) is 0 Å². The highest BCUT2D eigenvalue weighted by Gasteiger charge is 2.33. The van der Waals surface area contributed by atoms with E-state index in [0.29, 0.717) is 24.1 Å². The minimum absolute atomic E-state index is 0.0470. The predicted molar refractivity (Wildman–Crippen MR) is 97.4 cm³/mol. The normalized spacial score (nSPS) is 18.3. The maximum atomic E-state index is 14.1. The molecule has 1 aliphatic rings. The van der Waals surface area contributed by atoms with Crippen molar-refractivity contribution in [1.82, 2.24) is 9.80 Å². The lowest BCUT2D eigenvalue weighted by Crippen LogP contribution is -2.56. The van der Waals surface area contributed by atoms with E-state index < -0.39 is 23.4 Å². The van der Waals surface area contributed by atoms with Crippen LogP contribution in [0.1, 0.15) is 38.1 Å². The van der Waals surface area contributed by atoms with Crippen LogP contribution in [0, 0.1) is 5.82 Å². The standard InChI is InChI=1S/C17H21BrClFN2O3/c1-10-9-21(5-6-22(10)16(24)25-17(2,3)4)15(23)11-7-12(18)13(19)8-14(11)20/h7-8,10H,5-6,9H2,1-4H3/t10-/m0/s1. The molecule has 1 heterocycles. The zero-order valence-corrected chi connectivity index (χ0v) is 16.9. The minimum atomic E-state index is -0.666. The van der Waals surface area contributed by atoms with Gasteiger partial charge in [0.1, 0.15) is 11.4 Å². The first kappa shape index (κ1) is 20.0. The van der Waals surface area contributed by atoms with Crippen molar-refractivity contribution in [1.29, 1.82) is 0 Å². The Morgan fingerprint density at radius 2 is 1.96 bits per heavy atom. The largest absolute Gasteiger partial charge is 0.444 e. The van der Waals surface area contributed by atoms with Gasteiger partial charge in [-0.05, 0) is 55.8 Å². The molecule has 5 nitrogen and oxygen atoms in total. The summed E-state index contributed by atoms with van der Waals surface area (Å²) < 4.78 is 19.9. The van der Waals surface area contributed by atoms with E-state index in [1.165, 1.54) is 11.0 Å². The summed E-state index contributed by atoms with van der Waals surface area (Å²) in [4.78, 5) is 28.0. The van der Waals surface area contributed by atoms with Gasteiger partial charge in [0, 0.05) is 30.1 Å². The molecule has 25 heavy (non-hydrogen) atoms. The van der Waals surface area contributed by atoms with E-state index >= 15 is 0 Å². The van der Waals surface area contributed by atoms with Gasteiger partial charge in [-0.15, -0.1) is 0 Å². The molecule has 0 aliphatic carbocycles. The molecule has 0 saturated carbocycles. The molecule has 1 saturated heterocycles. The second kappa shape index (κ2) is 7.50. The van der Waals surface area contributed by atoms with Gasteiger partial charge in [0.05, 0.1) is 10.6 Å².